The van der Waals surface area contributed by atoms with Crippen LogP contribution in [0.3, 0.4) is 0 Å². The van der Waals surface area contributed by atoms with E-state index in [1.165, 1.54) is 0 Å². The Hall–Kier alpha value is -1.69. The van der Waals surface area contributed by atoms with Gasteiger partial charge in [0.25, 0.3) is 5.56 Å². The van der Waals surface area contributed by atoms with Gasteiger partial charge in [-0.2, -0.15) is 0 Å². The summed E-state index contributed by atoms with van der Waals surface area (Å²) in [7, 11) is 0. The summed E-state index contributed by atoms with van der Waals surface area (Å²) in [5, 5.41) is 3.16. The van der Waals surface area contributed by atoms with Crippen LogP contribution >= 0.6 is 15.9 Å². The fourth-order valence-electron chi connectivity index (χ4n) is 1.98. The van der Waals surface area contributed by atoms with E-state index in [-0.39, 0.29) is 5.56 Å². The molecule has 0 atom stereocenters. The van der Waals surface area contributed by atoms with Crippen molar-refractivity contribution in [3.8, 4) is 0 Å². The first-order chi connectivity index (χ1) is 9.49. The lowest BCUT2D eigenvalue weighted by Gasteiger charge is -2.09. The van der Waals surface area contributed by atoms with Gasteiger partial charge in [-0.05, 0) is 42.8 Å². The monoisotopic (exact) mass is 336 g/mol. The van der Waals surface area contributed by atoms with E-state index in [9.17, 15) is 4.79 Å². The second kappa shape index (κ2) is 6.17. The summed E-state index contributed by atoms with van der Waals surface area (Å²) < 4.78 is 2.48. The molecule has 2 rings (SSSR count). The van der Waals surface area contributed by atoms with Crippen LogP contribution in [0, 0.1) is 13.8 Å². The van der Waals surface area contributed by atoms with E-state index in [0.717, 1.165) is 22.5 Å². The summed E-state index contributed by atoms with van der Waals surface area (Å²) in [6, 6.07) is 3.70. The quantitative estimate of drug-likeness (QED) is 0.931. The van der Waals surface area contributed by atoms with Crippen molar-refractivity contribution in [2.24, 2.45) is 0 Å². The smallest absolute Gasteiger partial charge is 0.253 e. The van der Waals surface area contributed by atoms with Crippen LogP contribution < -0.4 is 10.9 Å². The highest BCUT2D eigenvalue weighted by Gasteiger charge is 2.06. The maximum absolute atomic E-state index is 12.1. The van der Waals surface area contributed by atoms with E-state index in [1.807, 2.05) is 19.9 Å². The van der Waals surface area contributed by atoms with E-state index in [4.69, 9.17) is 0 Å². The van der Waals surface area contributed by atoms with Gasteiger partial charge in [-0.1, -0.05) is 0 Å². The molecule has 2 aromatic heterocycles. The van der Waals surface area contributed by atoms with Crippen molar-refractivity contribution < 1.29 is 0 Å². The SMILES string of the molecule is CCNc1cc(C)nc(Cn2cc(Br)cc(C)c2=O)n1. The number of rotatable bonds is 4. The summed E-state index contributed by atoms with van der Waals surface area (Å²) in [5.74, 6) is 1.41. The molecule has 0 aromatic carbocycles. The maximum atomic E-state index is 12.1. The van der Waals surface area contributed by atoms with Crippen molar-refractivity contribution in [2.45, 2.75) is 27.3 Å². The first-order valence-corrected chi connectivity index (χ1v) is 7.24. The van der Waals surface area contributed by atoms with Crippen molar-refractivity contribution in [1.82, 2.24) is 14.5 Å². The molecule has 0 saturated heterocycles. The van der Waals surface area contributed by atoms with Gasteiger partial charge < -0.3 is 9.88 Å². The molecule has 0 bridgehead atoms. The maximum Gasteiger partial charge on any atom is 0.253 e. The molecule has 0 fully saturated rings. The summed E-state index contributed by atoms with van der Waals surface area (Å²) in [6.45, 7) is 6.88. The second-order valence-corrected chi connectivity index (χ2v) is 5.53. The molecular weight excluding hydrogens is 320 g/mol. The summed E-state index contributed by atoms with van der Waals surface area (Å²) in [4.78, 5) is 20.9. The standard InChI is InChI=1S/C14H17BrN4O/c1-4-16-12-6-10(3)17-13(18-12)8-19-7-11(15)5-9(2)14(19)20/h5-7H,4,8H2,1-3H3,(H,16,17,18). The van der Waals surface area contributed by atoms with Gasteiger partial charge in [-0.25, -0.2) is 9.97 Å². The molecule has 0 saturated carbocycles. The third kappa shape index (κ3) is 3.45. The molecule has 0 amide bonds. The van der Waals surface area contributed by atoms with Crippen LogP contribution in [0.4, 0.5) is 5.82 Å². The number of hydrogen-bond acceptors (Lipinski definition) is 4. The van der Waals surface area contributed by atoms with Gasteiger partial charge in [0.15, 0.2) is 5.82 Å². The van der Waals surface area contributed by atoms with Crippen molar-refractivity contribution in [3.05, 3.63) is 50.2 Å². The first kappa shape index (κ1) is 14.7. The highest BCUT2D eigenvalue weighted by Crippen LogP contribution is 2.10. The number of anilines is 1. The van der Waals surface area contributed by atoms with Crippen molar-refractivity contribution >= 4 is 21.7 Å². The zero-order valence-corrected chi connectivity index (χ0v) is 13.4. The summed E-state index contributed by atoms with van der Waals surface area (Å²) >= 11 is 3.40. The molecule has 0 aliphatic carbocycles. The van der Waals surface area contributed by atoms with E-state index >= 15 is 0 Å². The van der Waals surface area contributed by atoms with Crippen LogP contribution in [0.25, 0.3) is 0 Å². The number of aromatic nitrogens is 3. The summed E-state index contributed by atoms with van der Waals surface area (Å²) in [6.07, 6.45) is 1.76. The Labute approximate surface area is 126 Å². The minimum Gasteiger partial charge on any atom is -0.370 e. The molecule has 2 heterocycles. The minimum atomic E-state index is -0.0247. The number of pyridine rings is 1. The van der Waals surface area contributed by atoms with Crippen LogP contribution in [-0.4, -0.2) is 21.1 Å². The van der Waals surface area contributed by atoms with Crippen molar-refractivity contribution in [1.29, 1.82) is 0 Å². The van der Waals surface area contributed by atoms with E-state index in [0.29, 0.717) is 17.9 Å². The van der Waals surface area contributed by atoms with E-state index in [2.05, 4.69) is 31.2 Å². The largest absolute Gasteiger partial charge is 0.370 e. The third-order valence-corrected chi connectivity index (χ3v) is 3.24. The zero-order valence-electron chi connectivity index (χ0n) is 11.8. The van der Waals surface area contributed by atoms with Crippen LogP contribution in [0.5, 0.6) is 0 Å². The average Bonchev–Trinajstić information content (AvgIpc) is 2.35. The fourth-order valence-corrected chi connectivity index (χ4v) is 2.57. The number of halogens is 1. The van der Waals surface area contributed by atoms with Gasteiger partial charge in [-0.3, -0.25) is 4.79 Å². The molecule has 6 heteroatoms. The molecule has 0 spiro atoms. The molecule has 0 unspecified atom stereocenters. The molecule has 2 aromatic rings. The van der Waals surface area contributed by atoms with Crippen LogP contribution in [0.15, 0.2) is 27.6 Å². The normalized spacial score (nSPS) is 10.6. The van der Waals surface area contributed by atoms with Crippen LogP contribution in [0.1, 0.15) is 24.0 Å². The predicted molar refractivity (Wildman–Crippen MR) is 83.2 cm³/mol. The number of nitrogens with zero attached hydrogens (tertiary/aromatic N) is 3. The Morgan fingerprint density at radius 2 is 2.05 bits per heavy atom. The molecule has 5 nitrogen and oxygen atoms in total. The highest BCUT2D eigenvalue weighted by molar-refractivity contribution is 9.10. The van der Waals surface area contributed by atoms with Gasteiger partial charge in [0, 0.05) is 34.5 Å². The van der Waals surface area contributed by atoms with Gasteiger partial charge in [0.1, 0.15) is 5.82 Å². The van der Waals surface area contributed by atoms with E-state index < -0.39 is 0 Å². The lowest BCUT2D eigenvalue weighted by Crippen LogP contribution is -2.23. The molecule has 0 aliphatic rings. The lowest BCUT2D eigenvalue weighted by molar-refractivity contribution is 0.704. The van der Waals surface area contributed by atoms with Gasteiger partial charge in [0.2, 0.25) is 0 Å². The van der Waals surface area contributed by atoms with Crippen molar-refractivity contribution in [3.63, 3.8) is 0 Å². The van der Waals surface area contributed by atoms with E-state index in [1.54, 1.807) is 23.8 Å². The highest BCUT2D eigenvalue weighted by atomic mass is 79.9. The lowest BCUT2D eigenvalue weighted by atomic mass is 10.3. The average molecular weight is 337 g/mol. The van der Waals surface area contributed by atoms with Crippen molar-refractivity contribution in [2.75, 3.05) is 11.9 Å². The second-order valence-electron chi connectivity index (χ2n) is 4.62. The van der Waals surface area contributed by atoms with Gasteiger partial charge >= 0.3 is 0 Å². The molecule has 0 radical (unpaired) electrons. The van der Waals surface area contributed by atoms with Gasteiger partial charge in [-0.15, -0.1) is 0 Å². The topological polar surface area (TPSA) is 59.8 Å². The Bertz CT molecular complexity index is 681. The van der Waals surface area contributed by atoms with Crippen LogP contribution in [-0.2, 0) is 6.54 Å². The Morgan fingerprint density at radius 3 is 2.75 bits per heavy atom. The third-order valence-electron chi connectivity index (χ3n) is 2.80. The van der Waals surface area contributed by atoms with Crippen LogP contribution in [0.2, 0.25) is 0 Å². The molecular formula is C14H17BrN4O. The first-order valence-electron chi connectivity index (χ1n) is 6.44. The zero-order chi connectivity index (χ0) is 14.7. The Morgan fingerprint density at radius 1 is 1.30 bits per heavy atom. The molecule has 1 N–H and O–H groups in total. The predicted octanol–water partition coefficient (Wildman–Crippen LogP) is 2.50. The Kier molecular flexibility index (Phi) is 4.54. The number of aryl methyl sites for hydroxylation is 2. The molecule has 20 heavy (non-hydrogen) atoms. The fraction of sp³-hybridized carbons (Fsp3) is 0.357. The Balaban J connectivity index is 2.37. The molecule has 106 valence electrons. The number of nitrogens with one attached hydrogen (secondary N) is 1. The number of hydrogen-bond donors (Lipinski definition) is 1. The summed E-state index contributed by atoms with van der Waals surface area (Å²) in [5.41, 5.74) is 1.55. The molecule has 0 aliphatic heterocycles. The van der Waals surface area contributed by atoms with Gasteiger partial charge in [0.05, 0.1) is 6.54 Å². The minimum absolute atomic E-state index is 0.0247.